The molecule has 2 rings (SSSR count). The zero-order chi connectivity index (χ0) is 15.8. The molecule has 2 aromatic rings. The standard InChI is InChI=1S/C16H18N4O2/c1-14(12-19-6-2-15(3-7-19)10-17-21)13-20-8-4-16(5-9-20)11-18-22/h2-11,14H,12-13H2,1H3/p+2. The van der Waals surface area contributed by atoms with E-state index in [2.05, 4.69) is 26.4 Å². The van der Waals surface area contributed by atoms with Gasteiger partial charge in [-0.3, -0.25) is 0 Å². The van der Waals surface area contributed by atoms with Crippen molar-refractivity contribution in [1.29, 1.82) is 0 Å². The Balaban J connectivity index is 1.92. The van der Waals surface area contributed by atoms with E-state index in [1.165, 1.54) is 12.4 Å². The van der Waals surface area contributed by atoms with E-state index in [1.807, 2.05) is 49.1 Å². The lowest BCUT2D eigenvalue weighted by atomic mass is 10.1. The number of pyridine rings is 2. The van der Waals surface area contributed by atoms with E-state index in [1.54, 1.807) is 0 Å². The molecule has 0 amide bonds. The first kappa shape index (κ1) is 15.6. The molecule has 0 saturated heterocycles. The minimum atomic E-state index is 0.449. The van der Waals surface area contributed by atoms with Crippen LogP contribution in [0.15, 0.2) is 59.4 Å². The van der Waals surface area contributed by atoms with Gasteiger partial charge in [-0.1, -0.05) is 17.2 Å². The summed E-state index contributed by atoms with van der Waals surface area (Å²) in [6, 6.07) is 7.62. The maximum atomic E-state index is 8.49. The quantitative estimate of drug-likeness (QED) is 0.364. The summed E-state index contributed by atoms with van der Waals surface area (Å²) in [5.74, 6) is 0.449. The summed E-state index contributed by atoms with van der Waals surface area (Å²) in [6.45, 7) is 3.97. The summed E-state index contributed by atoms with van der Waals surface area (Å²) in [5, 5.41) is 23.0. The van der Waals surface area contributed by atoms with Gasteiger partial charge in [0, 0.05) is 35.4 Å². The summed E-state index contributed by atoms with van der Waals surface area (Å²) in [6.07, 6.45) is 10.7. The van der Waals surface area contributed by atoms with Crippen molar-refractivity contribution in [3.63, 3.8) is 0 Å². The van der Waals surface area contributed by atoms with Crippen molar-refractivity contribution in [2.45, 2.75) is 20.0 Å². The second-order valence-electron chi connectivity index (χ2n) is 5.25. The van der Waals surface area contributed by atoms with Gasteiger partial charge in [0.25, 0.3) is 0 Å². The highest BCUT2D eigenvalue weighted by atomic mass is 16.4. The van der Waals surface area contributed by atoms with Crippen LogP contribution in [0.5, 0.6) is 0 Å². The van der Waals surface area contributed by atoms with Crippen LogP contribution in [0.3, 0.4) is 0 Å². The van der Waals surface area contributed by atoms with Gasteiger partial charge in [-0.15, -0.1) is 0 Å². The second kappa shape index (κ2) is 7.87. The zero-order valence-electron chi connectivity index (χ0n) is 12.4. The van der Waals surface area contributed by atoms with E-state index in [4.69, 9.17) is 10.4 Å². The first-order chi connectivity index (χ1) is 10.7. The predicted octanol–water partition coefficient (Wildman–Crippen LogP) is 1.21. The molecule has 0 aliphatic carbocycles. The number of oxime groups is 2. The normalized spacial score (nSPS) is 11.7. The Morgan fingerprint density at radius 1 is 0.864 bits per heavy atom. The Morgan fingerprint density at radius 2 is 1.23 bits per heavy atom. The molecule has 0 aromatic carbocycles. The van der Waals surface area contributed by atoms with Crippen LogP contribution in [0.2, 0.25) is 0 Å². The Kier molecular flexibility index (Phi) is 5.59. The smallest absolute Gasteiger partial charge is 0.169 e. The van der Waals surface area contributed by atoms with Crippen LogP contribution in [0.1, 0.15) is 18.1 Å². The zero-order valence-corrected chi connectivity index (χ0v) is 12.4. The van der Waals surface area contributed by atoms with Gasteiger partial charge < -0.3 is 10.4 Å². The summed E-state index contributed by atoms with van der Waals surface area (Å²) in [7, 11) is 0. The van der Waals surface area contributed by atoms with Gasteiger partial charge in [0.2, 0.25) is 0 Å². The van der Waals surface area contributed by atoms with Gasteiger partial charge in [0.05, 0.1) is 18.3 Å². The van der Waals surface area contributed by atoms with E-state index >= 15 is 0 Å². The lowest BCUT2D eigenvalue weighted by Crippen LogP contribution is -2.43. The Hall–Kier alpha value is -2.76. The molecule has 0 unspecified atom stereocenters. The Morgan fingerprint density at radius 3 is 1.55 bits per heavy atom. The third-order valence-electron chi connectivity index (χ3n) is 3.29. The summed E-state index contributed by atoms with van der Waals surface area (Å²) >= 11 is 0. The topological polar surface area (TPSA) is 72.9 Å². The largest absolute Gasteiger partial charge is 0.411 e. The summed E-state index contributed by atoms with van der Waals surface area (Å²) in [4.78, 5) is 0. The molecule has 114 valence electrons. The molecule has 0 atom stereocenters. The van der Waals surface area contributed by atoms with E-state index < -0.39 is 0 Å². The van der Waals surface area contributed by atoms with Crippen molar-refractivity contribution in [3.8, 4) is 0 Å². The third kappa shape index (κ3) is 4.66. The van der Waals surface area contributed by atoms with Crippen molar-refractivity contribution < 1.29 is 19.5 Å². The Labute approximate surface area is 129 Å². The van der Waals surface area contributed by atoms with Gasteiger partial charge in [-0.2, -0.15) is 0 Å². The van der Waals surface area contributed by atoms with Gasteiger partial charge in [0.15, 0.2) is 37.9 Å². The number of aromatic nitrogens is 2. The molecule has 0 spiro atoms. The van der Waals surface area contributed by atoms with Gasteiger partial charge in [0.1, 0.15) is 0 Å². The summed E-state index contributed by atoms with van der Waals surface area (Å²) in [5.41, 5.74) is 1.73. The first-order valence-corrected chi connectivity index (χ1v) is 7.04. The lowest BCUT2D eigenvalue weighted by Gasteiger charge is -2.05. The molecule has 2 aromatic heterocycles. The van der Waals surface area contributed by atoms with Crippen molar-refractivity contribution >= 4 is 12.4 Å². The lowest BCUT2D eigenvalue weighted by molar-refractivity contribution is -0.736. The maximum Gasteiger partial charge on any atom is 0.169 e. The number of hydrogen-bond donors (Lipinski definition) is 2. The van der Waals surface area contributed by atoms with Crippen molar-refractivity contribution in [3.05, 3.63) is 60.2 Å². The van der Waals surface area contributed by atoms with Crippen molar-refractivity contribution in [1.82, 2.24) is 0 Å². The fourth-order valence-corrected chi connectivity index (χ4v) is 2.26. The monoisotopic (exact) mass is 300 g/mol. The molecule has 22 heavy (non-hydrogen) atoms. The van der Waals surface area contributed by atoms with E-state index in [0.29, 0.717) is 5.92 Å². The van der Waals surface area contributed by atoms with Gasteiger partial charge in [-0.25, -0.2) is 9.13 Å². The molecule has 0 bridgehead atoms. The highest BCUT2D eigenvalue weighted by Gasteiger charge is 2.14. The number of nitrogens with zero attached hydrogens (tertiary/aromatic N) is 4. The van der Waals surface area contributed by atoms with Crippen LogP contribution in [-0.4, -0.2) is 22.8 Å². The Bertz CT molecular complexity index is 579. The van der Waals surface area contributed by atoms with Crippen LogP contribution in [0, 0.1) is 5.92 Å². The molecular formula is C16H20N4O2+2. The highest BCUT2D eigenvalue weighted by molar-refractivity contribution is 5.78. The predicted molar refractivity (Wildman–Crippen MR) is 81.2 cm³/mol. The van der Waals surface area contributed by atoms with Crippen LogP contribution in [-0.2, 0) is 13.1 Å². The van der Waals surface area contributed by atoms with Gasteiger partial charge in [-0.05, 0) is 0 Å². The van der Waals surface area contributed by atoms with Crippen LogP contribution < -0.4 is 9.13 Å². The fourth-order valence-electron chi connectivity index (χ4n) is 2.26. The van der Waals surface area contributed by atoms with Crippen molar-refractivity contribution in [2.24, 2.45) is 16.2 Å². The van der Waals surface area contributed by atoms with E-state index in [9.17, 15) is 0 Å². The van der Waals surface area contributed by atoms with Crippen LogP contribution >= 0.6 is 0 Å². The second-order valence-corrected chi connectivity index (χ2v) is 5.25. The van der Waals surface area contributed by atoms with Crippen molar-refractivity contribution in [2.75, 3.05) is 0 Å². The minimum absolute atomic E-state index is 0.449. The average Bonchev–Trinajstić information content (AvgIpc) is 2.52. The highest BCUT2D eigenvalue weighted by Crippen LogP contribution is 1.98. The SMILES string of the molecule is CC(C[n+]1ccc(/C=N\O)cc1)C[n+]1ccc(/C=N\O)cc1. The average molecular weight is 300 g/mol. The molecule has 0 fully saturated rings. The third-order valence-corrected chi connectivity index (χ3v) is 3.29. The molecule has 2 heterocycles. The molecule has 2 N–H and O–H groups in total. The van der Waals surface area contributed by atoms with Crippen LogP contribution in [0.4, 0.5) is 0 Å². The van der Waals surface area contributed by atoms with E-state index in [-0.39, 0.29) is 0 Å². The molecule has 6 heteroatoms. The molecule has 0 saturated carbocycles. The van der Waals surface area contributed by atoms with E-state index in [0.717, 1.165) is 24.2 Å². The van der Waals surface area contributed by atoms with Gasteiger partial charge >= 0.3 is 0 Å². The number of rotatable bonds is 6. The fraction of sp³-hybridized carbons (Fsp3) is 0.250. The first-order valence-electron chi connectivity index (χ1n) is 7.04. The minimum Gasteiger partial charge on any atom is -0.411 e. The summed E-state index contributed by atoms with van der Waals surface area (Å²) < 4.78 is 4.21. The molecule has 6 nitrogen and oxygen atoms in total. The molecule has 0 aliphatic rings. The number of hydrogen-bond acceptors (Lipinski definition) is 4. The van der Waals surface area contributed by atoms with Crippen LogP contribution in [0.25, 0.3) is 0 Å². The molecule has 0 aliphatic heterocycles. The molecule has 0 radical (unpaired) electrons. The molecular weight excluding hydrogens is 280 g/mol. The maximum absolute atomic E-state index is 8.49.